The highest BCUT2D eigenvalue weighted by atomic mass is 35.5. The van der Waals surface area contributed by atoms with E-state index >= 15 is 0 Å². The standard InChI is InChI=1S/C29H28ClNO7/c1-35-22-9-5-19(6-10-22)17-37-25-14-13-24(27(33)29(34)31-15-3-4-21(32)16-31)26(30)28(25)38-18-20-7-11-23(36-2)12-8-20/h5-14H,3-4,15-18H2,1-2H3. The van der Waals surface area contributed by atoms with Crippen LogP contribution in [0.15, 0.2) is 60.7 Å². The highest BCUT2D eigenvalue weighted by Gasteiger charge is 2.30. The fourth-order valence-corrected chi connectivity index (χ4v) is 4.29. The van der Waals surface area contributed by atoms with Crippen LogP contribution >= 0.6 is 11.6 Å². The molecule has 0 atom stereocenters. The van der Waals surface area contributed by atoms with Crippen molar-refractivity contribution in [2.45, 2.75) is 26.1 Å². The molecule has 1 aliphatic rings. The fraction of sp³-hybridized carbons (Fsp3) is 0.276. The highest BCUT2D eigenvalue weighted by Crippen LogP contribution is 2.39. The van der Waals surface area contributed by atoms with Crippen LogP contribution in [-0.4, -0.2) is 49.7 Å². The van der Waals surface area contributed by atoms with Gasteiger partial charge in [0.05, 0.1) is 31.4 Å². The first-order valence-corrected chi connectivity index (χ1v) is 12.5. The number of Topliss-reactive ketones (excluding diaryl/α,β-unsaturated/α-hetero) is 2. The highest BCUT2D eigenvalue weighted by molar-refractivity contribution is 6.47. The van der Waals surface area contributed by atoms with Crippen molar-refractivity contribution in [2.24, 2.45) is 0 Å². The molecule has 0 N–H and O–H groups in total. The zero-order chi connectivity index (χ0) is 27.1. The second-order valence-electron chi connectivity index (χ2n) is 8.73. The zero-order valence-corrected chi connectivity index (χ0v) is 22.0. The van der Waals surface area contributed by atoms with Gasteiger partial charge in [-0.15, -0.1) is 0 Å². The third-order valence-electron chi connectivity index (χ3n) is 6.13. The molecule has 0 aromatic heterocycles. The van der Waals surface area contributed by atoms with Gasteiger partial charge in [0.1, 0.15) is 24.7 Å². The molecule has 8 nitrogen and oxygen atoms in total. The predicted molar refractivity (Wildman–Crippen MR) is 141 cm³/mol. The van der Waals surface area contributed by atoms with E-state index in [-0.39, 0.29) is 41.9 Å². The molecule has 0 saturated carbocycles. The molecule has 3 aromatic carbocycles. The number of hydrogen-bond acceptors (Lipinski definition) is 7. The molecule has 3 aromatic rings. The quantitative estimate of drug-likeness (QED) is 0.268. The lowest BCUT2D eigenvalue weighted by atomic mass is 10.1. The number of halogens is 1. The second-order valence-corrected chi connectivity index (χ2v) is 9.10. The molecule has 198 valence electrons. The summed E-state index contributed by atoms with van der Waals surface area (Å²) in [6.45, 7) is 0.611. The summed E-state index contributed by atoms with van der Waals surface area (Å²) in [4.78, 5) is 39.0. The van der Waals surface area contributed by atoms with Crippen LogP contribution in [0.3, 0.4) is 0 Å². The van der Waals surface area contributed by atoms with Crippen LogP contribution in [0.4, 0.5) is 0 Å². The number of ether oxygens (including phenoxy) is 4. The summed E-state index contributed by atoms with van der Waals surface area (Å²) < 4.78 is 22.4. The van der Waals surface area contributed by atoms with E-state index in [4.69, 9.17) is 30.5 Å². The number of hydrogen-bond donors (Lipinski definition) is 0. The lowest BCUT2D eigenvalue weighted by molar-refractivity contribution is -0.134. The van der Waals surface area contributed by atoms with Crippen molar-refractivity contribution in [1.29, 1.82) is 0 Å². The van der Waals surface area contributed by atoms with E-state index in [9.17, 15) is 14.4 Å². The molecule has 38 heavy (non-hydrogen) atoms. The topological polar surface area (TPSA) is 91.4 Å². The van der Waals surface area contributed by atoms with Crippen molar-refractivity contribution in [1.82, 2.24) is 4.90 Å². The molecule has 0 aliphatic carbocycles. The maximum Gasteiger partial charge on any atom is 0.295 e. The van der Waals surface area contributed by atoms with Gasteiger partial charge in [-0.3, -0.25) is 14.4 Å². The Morgan fingerprint density at radius 2 is 1.42 bits per heavy atom. The van der Waals surface area contributed by atoms with Crippen LogP contribution < -0.4 is 18.9 Å². The Morgan fingerprint density at radius 3 is 1.97 bits per heavy atom. The van der Waals surface area contributed by atoms with Gasteiger partial charge in [0, 0.05) is 13.0 Å². The molecule has 0 unspecified atom stereocenters. The summed E-state index contributed by atoms with van der Waals surface area (Å²) in [7, 11) is 3.18. The van der Waals surface area contributed by atoms with Crippen LogP contribution in [-0.2, 0) is 22.8 Å². The van der Waals surface area contributed by atoms with E-state index in [0.717, 1.165) is 16.9 Å². The first-order chi connectivity index (χ1) is 18.4. The maximum absolute atomic E-state index is 13.1. The summed E-state index contributed by atoms with van der Waals surface area (Å²) in [5.41, 5.74) is 1.70. The second kappa shape index (κ2) is 12.5. The van der Waals surface area contributed by atoms with Gasteiger partial charge in [-0.2, -0.15) is 0 Å². The predicted octanol–water partition coefficient (Wildman–Crippen LogP) is 4.89. The molecule has 1 fully saturated rings. The largest absolute Gasteiger partial charge is 0.497 e. The van der Waals surface area contributed by atoms with E-state index in [0.29, 0.717) is 30.9 Å². The Labute approximate surface area is 226 Å². The van der Waals surface area contributed by atoms with Crippen molar-refractivity contribution in [3.8, 4) is 23.0 Å². The van der Waals surface area contributed by atoms with Gasteiger partial charge in [0.25, 0.3) is 11.7 Å². The molecular weight excluding hydrogens is 510 g/mol. The molecule has 1 aliphatic heterocycles. The van der Waals surface area contributed by atoms with Crippen LogP contribution in [0, 0.1) is 0 Å². The van der Waals surface area contributed by atoms with Gasteiger partial charge in [-0.1, -0.05) is 35.9 Å². The number of piperidine rings is 1. The average molecular weight is 538 g/mol. The minimum absolute atomic E-state index is 0.0174. The summed E-state index contributed by atoms with van der Waals surface area (Å²) in [6.07, 6.45) is 0.933. The van der Waals surface area contributed by atoms with Gasteiger partial charge in [0.15, 0.2) is 17.3 Å². The monoisotopic (exact) mass is 537 g/mol. The number of carbonyl (C=O) groups is 3. The Hall–Kier alpha value is -4.04. The fourth-order valence-electron chi connectivity index (χ4n) is 3.99. The molecule has 0 spiro atoms. The van der Waals surface area contributed by atoms with Crippen molar-refractivity contribution < 1.29 is 33.3 Å². The number of rotatable bonds is 10. The van der Waals surface area contributed by atoms with Crippen LogP contribution in [0.1, 0.15) is 34.3 Å². The zero-order valence-electron chi connectivity index (χ0n) is 21.2. The number of carbonyl (C=O) groups excluding carboxylic acids is 3. The van der Waals surface area contributed by atoms with E-state index in [2.05, 4.69) is 0 Å². The molecule has 0 radical (unpaired) electrons. The summed E-state index contributed by atoms with van der Waals surface area (Å²) in [5, 5.41) is -0.0348. The van der Waals surface area contributed by atoms with Crippen molar-refractivity contribution in [2.75, 3.05) is 27.3 Å². The minimum atomic E-state index is -0.805. The van der Waals surface area contributed by atoms with Crippen LogP contribution in [0.25, 0.3) is 0 Å². The Morgan fingerprint density at radius 1 is 0.842 bits per heavy atom. The lowest BCUT2D eigenvalue weighted by Gasteiger charge is -2.25. The Bertz CT molecular complexity index is 1310. The van der Waals surface area contributed by atoms with Crippen molar-refractivity contribution in [3.63, 3.8) is 0 Å². The number of likely N-dealkylation sites (tertiary alicyclic amines) is 1. The molecule has 1 amide bonds. The summed E-state index contributed by atoms with van der Waals surface area (Å²) in [5.74, 6) is 0.240. The lowest BCUT2D eigenvalue weighted by Crippen LogP contribution is -2.43. The SMILES string of the molecule is COc1ccc(COc2ccc(C(=O)C(=O)N3CCCC(=O)C3)c(Cl)c2OCc2ccc(OC)cc2)cc1. The van der Waals surface area contributed by atoms with Crippen molar-refractivity contribution in [3.05, 3.63) is 82.4 Å². The number of amides is 1. The van der Waals surface area contributed by atoms with Gasteiger partial charge in [-0.05, 0) is 53.9 Å². The number of ketones is 2. The first kappa shape index (κ1) is 27.0. The number of nitrogens with zero attached hydrogens (tertiary/aromatic N) is 1. The Balaban J connectivity index is 1.58. The molecule has 0 bridgehead atoms. The number of methoxy groups -OCH3 is 2. The van der Waals surface area contributed by atoms with E-state index in [1.165, 1.54) is 11.0 Å². The van der Waals surface area contributed by atoms with Gasteiger partial charge in [0.2, 0.25) is 0 Å². The third-order valence-corrected chi connectivity index (χ3v) is 6.51. The van der Waals surface area contributed by atoms with Crippen LogP contribution in [0.5, 0.6) is 23.0 Å². The molecule has 1 saturated heterocycles. The third kappa shape index (κ3) is 6.44. The molecule has 9 heteroatoms. The first-order valence-electron chi connectivity index (χ1n) is 12.1. The average Bonchev–Trinajstić information content (AvgIpc) is 2.95. The molecule has 4 rings (SSSR count). The van der Waals surface area contributed by atoms with E-state index < -0.39 is 11.7 Å². The minimum Gasteiger partial charge on any atom is -0.497 e. The molecule has 1 heterocycles. The maximum atomic E-state index is 13.1. The van der Waals surface area contributed by atoms with Crippen molar-refractivity contribution >= 4 is 29.1 Å². The van der Waals surface area contributed by atoms with Gasteiger partial charge >= 0.3 is 0 Å². The van der Waals surface area contributed by atoms with E-state index in [1.807, 2.05) is 36.4 Å². The normalized spacial score (nSPS) is 13.1. The van der Waals surface area contributed by atoms with Crippen LogP contribution in [0.2, 0.25) is 5.02 Å². The van der Waals surface area contributed by atoms with E-state index in [1.54, 1.807) is 32.4 Å². The Kier molecular flexibility index (Phi) is 8.86. The van der Waals surface area contributed by atoms with Gasteiger partial charge < -0.3 is 23.8 Å². The van der Waals surface area contributed by atoms with Gasteiger partial charge in [-0.25, -0.2) is 0 Å². The molecular formula is C29H28ClNO7. The number of benzene rings is 3. The summed E-state index contributed by atoms with van der Waals surface area (Å²) in [6, 6.07) is 17.7. The summed E-state index contributed by atoms with van der Waals surface area (Å²) >= 11 is 6.66. The smallest absolute Gasteiger partial charge is 0.295 e.